The minimum absolute atomic E-state index is 0. The van der Waals surface area contributed by atoms with Crippen LogP contribution in [0.25, 0.3) is 22.3 Å². The van der Waals surface area contributed by atoms with Gasteiger partial charge < -0.3 is 24.4 Å². The molecular weight excluding hydrogens is 434 g/mol. The van der Waals surface area contributed by atoms with Crippen LogP contribution in [0.2, 0.25) is 0 Å². The van der Waals surface area contributed by atoms with Crippen molar-refractivity contribution in [2.45, 2.75) is 38.5 Å². The number of hydrogen-bond acceptors (Lipinski definition) is 7. The second-order valence-corrected chi connectivity index (χ2v) is 8.09. The highest BCUT2D eigenvalue weighted by molar-refractivity contribution is 5.89. The quantitative estimate of drug-likeness (QED) is 0.450. The van der Waals surface area contributed by atoms with E-state index in [1.807, 2.05) is 25.1 Å². The number of nitrogens with zero attached hydrogens (tertiary/aromatic N) is 3. The van der Waals surface area contributed by atoms with Gasteiger partial charge in [-0.3, -0.25) is 4.79 Å². The highest BCUT2D eigenvalue weighted by Gasteiger charge is 2.45. The minimum atomic E-state index is -3.45. The molecule has 0 amide bonds. The Morgan fingerprint density at radius 2 is 2.12 bits per heavy atom. The lowest BCUT2D eigenvalue weighted by Crippen LogP contribution is -2.44. The van der Waals surface area contributed by atoms with Gasteiger partial charge in [0.1, 0.15) is 12.4 Å². The molecule has 2 aliphatic rings. The van der Waals surface area contributed by atoms with Gasteiger partial charge in [0.25, 0.3) is 5.56 Å². The number of benzene rings is 1. The Hall–Kier alpha value is -2.94. The fraction of sp³-hybridized carbons (Fsp3) is 0.348. The minimum Gasteiger partial charge on any atom is -0.508 e. The first-order valence-corrected chi connectivity index (χ1v) is 9.65. The molecule has 0 saturated heterocycles. The highest BCUT2D eigenvalue weighted by Crippen LogP contribution is 2.39. The van der Waals surface area contributed by atoms with Crippen molar-refractivity contribution >= 4 is 29.3 Å². The Labute approximate surface area is 197 Å². The van der Waals surface area contributed by atoms with Crippen molar-refractivity contribution in [1.29, 1.82) is 0 Å². The summed E-state index contributed by atoms with van der Waals surface area (Å²) in [6.07, 6.45) is -3.45. The summed E-state index contributed by atoms with van der Waals surface area (Å²) in [5.74, 6) is -1.37. The first kappa shape index (κ1) is 16.7. The zero-order valence-electron chi connectivity index (χ0n) is 22.3. The maximum absolute atomic E-state index is 13.4. The van der Waals surface area contributed by atoms with E-state index < -0.39 is 42.5 Å². The van der Waals surface area contributed by atoms with Crippen LogP contribution in [0, 0.1) is 0 Å². The van der Waals surface area contributed by atoms with Gasteiger partial charge in [0, 0.05) is 35.5 Å². The zero-order valence-corrected chi connectivity index (χ0v) is 18.1. The van der Waals surface area contributed by atoms with Gasteiger partial charge >= 0.3 is 5.97 Å². The molecule has 2 aromatic heterocycles. The number of phenolic OH excluding ortho intramolecular Hbond substituents is 1. The van der Waals surface area contributed by atoms with Crippen molar-refractivity contribution in [1.82, 2.24) is 14.5 Å². The molecule has 2 aliphatic heterocycles. The van der Waals surface area contributed by atoms with E-state index in [1.54, 1.807) is 6.07 Å². The summed E-state index contributed by atoms with van der Waals surface area (Å²) in [5, 5.41) is 22.4. The number of aliphatic hydroxyl groups is 1. The van der Waals surface area contributed by atoms with Crippen LogP contribution in [-0.2, 0) is 34.8 Å². The molecule has 0 fully saturated rings. The number of ether oxygens (including phenoxy) is 1. The van der Waals surface area contributed by atoms with Gasteiger partial charge in [-0.2, -0.15) is 0 Å². The number of pyridine rings is 2. The summed E-state index contributed by atoms with van der Waals surface area (Å²) in [6, 6.07) is 6.23. The lowest BCUT2D eigenvalue weighted by Gasteiger charge is -2.31. The lowest BCUT2D eigenvalue weighted by atomic mass is 9.86. The number of fused-ring (bicyclic) bond motifs is 5. The smallest absolute Gasteiger partial charge is 0.343 e. The molecule has 8 nitrogen and oxygen atoms in total. The van der Waals surface area contributed by atoms with Gasteiger partial charge in [-0.05, 0) is 44.7 Å². The predicted molar refractivity (Wildman–Crippen MR) is 121 cm³/mol. The molecule has 4 heterocycles. The Bertz CT molecular complexity index is 1520. The van der Waals surface area contributed by atoms with E-state index in [9.17, 15) is 19.8 Å². The molecule has 0 spiro atoms. The topological polar surface area (TPSA) is 105 Å². The van der Waals surface area contributed by atoms with E-state index in [-0.39, 0.29) is 36.0 Å². The molecule has 32 heavy (non-hydrogen) atoms. The monoisotopic (exact) mass is 462 g/mol. The average Bonchev–Trinajstić information content (AvgIpc) is 3.14. The zero-order chi connectivity index (χ0) is 26.4. The van der Waals surface area contributed by atoms with Gasteiger partial charge in [-0.15, -0.1) is 12.4 Å². The van der Waals surface area contributed by atoms with Crippen molar-refractivity contribution in [3.05, 3.63) is 56.9 Å². The summed E-state index contributed by atoms with van der Waals surface area (Å²) in [6.45, 7) is -3.38. The molecule has 0 aliphatic carbocycles. The van der Waals surface area contributed by atoms with Crippen LogP contribution in [0.5, 0.6) is 5.75 Å². The molecule has 1 atom stereocenters. The van der Waals surface area contributed by atoms with Gasteiger partial charge in [-0.1, -0.05) is 6.85 Å². The number of hydrogen-bond donors (Lipinski definition) is 2. The molecule has 2 N–H and O–H groups in total. The summed E-state index contributed by atoms with van der Waals surface area (Å²) in [7, 11) is 3.73. The summed E-state index contributed by atoms with van der Waals surface area (Å²) >= 11 is 0. The van der Waals surface area contributed by atoms with Crippen LogP contribution in [0.4, 0.5) is 0 Å². The number of aromatic hydroxyl groups is 1. The number of rotatable bonds is 3. The van der Waals surface area contributed by atoms with Crippen LogP contribution >= 0.6 is 12.4 Å². The van der Waals surface area contributed by atoms with Crippen molar-refractivity contribution in [3.63, 3.8) is 0 Å². The van der Waals surface area contributed by atoms with Crippen LogP contribution in [-0.4, -0.2) is 44.7 Å². The number of phenols is 1. The summed E-state index contributed by atoms with van der Waals surface area (Å²) in [5.41, 5.74) is -2.08. The maximum atomic E-state index is 13.4. The molecule has 5 rings (SSSR count). The first-order valence-electron chi connectivity index (χ1n) is 12.1. The molecule has 0 radical (unpaired) electrons. The van der Waals surface area contributed by atoms with Crippen molar-refractivity contribution in [2.75, 3.05) is 14.1 Å². The molecule has 168 valence electrons. The Balaban J connectivity index is 0.00000320. The molecule has 3 aromatic rings. The van der Waals surface area contributed by atoms with E-state index in [0.29, 0.717) is 34.3 Å². The van der Waals surface area contributed by atoms with E-state index in [4.69, 9.17) is 11.6 Å². The van der Waals surface area contributed by atoms with Gasteiger partial charge in [0.15, 0.2) is 5.60 Å². The number of halogens is 1. The predicted octanol–water partition coefficient (Wildman–Crippen LogP) is 2.27. The second kappa shape index (κ2) is 7.58. The largest absolute Gasteiger partial charge is 0.508 e. The van der Waals surface area contributed by atoms with E-state index in [1.165, 1.54) is 16.7 Å². The fourth-order valence-electron chi connectivity index (χ4n) is 4.30. The lowest BCUT2D eigenvalue weighted by molar-refractivity contribution is -0.172. The van der Waals surface area contributed by atoms with Crippen LogP contribution < -0.4 is 5.56 Å². The van der Waals surface area contributed by atoms with Gasteiger partial charge in [0.2, 0.25) is 0 Å². The Morgan fingerprint density at radius 1 is 1.34 bits per heavy atom. The third-order valence-electron chi connectivity index (χ3n) is 5.82. The van der Waals surface area contributed by atoms with Gasteiger partial charge in [0.05, 0.1) is 29.0 Å². The molecule has 0 saturated carbocycles. The number of carbonyl (C=O) groups excluding carboxylic acids is 1. The SMILES string of the molecule is Cl.[2H]C([2H])([2H])C([2H])([2H])[C@]1(O)C(=O)OCc2c1cc1n(c2=O)Cc2cc3c(CN(C)C)c(O)ccc3nc2-1. The highest BCUT2D eigenvalue weighted by atomic mass is 35.5. The molecule has 9 heteroatoms. The third kappa shape index (κ3) is 3.02. The number of cyclic esters (lactones) is 1. The molecule has 1 aromatic carbocycles. The summed E-state index contributed by atoms with van der Waals surface area (Å²) in [4.78, 5) is 32.7. The van der Waals surface area contributed by atoms with Crippen molar-refractivity contribution in [3.8, 4) is 17.1 Å². The second-order valence-electron chi connectivity index (χ2n) is 8.09. The number of carbonyl (C=O) groups is 1. The van der Waals surface area contributed by atoms with Crippen LogP contribution in [0.15, 0.2) is 29.1 Å². The normalized spacial score (nSPS) is 21.9. The summed E-state index contributed by atoms with van der Waals surface area (Å²) < 4.78 is 45.4. The maximum Gasteiger partial charge on any atom is 0.343 e. The third-order valence-corrected chi connectivity index (χ3v) is 5.82. The average molecular weight is 463 g/mol. The molecule has 0 bridgehead atoms. The van der Waals surface area contributed by atoms with E-state index in [0.717, 1.165) is 0 Å². The Morgan fingerprint density at radius 3 is 2.84 bits per heavy atom. The van der Waals surface area contributed by atoms with E-state index >= 15 is 0 Å². The Kier molecular flexibility index (Phi) is 3.95. The number of esters is 1. The van der Waals surface area contributed by atoms with E-state index in [2.05, 4.69) is 4.98 Å². The van der Waals surface area contributed by atoms with Gasteiger partial charge in [-0.25, -0.2) is 9.78 Å². The molecular formula is C23H24ClN3O5. The van der Waals surface area contributed by atoms with Crippen LogP contribution in [0.3, 0.4) is 0 Å². The standard InChI is InChI=1S/C23H23N3O5.ClH/c1-4-23(30)16-8-18-20-12(9-26(18)21(28)15(16)11-31-22(23)29)7-13-14(10-25(2)3)19(27)6-5-17(13)24-20;/h5-8,27,30H,4,9-11H2,1-3H3;1H/t23-;/m1./s1/i1D3,4D2;. The number of aromatic nitrogens is 2. The first-order chi connectivity index (χ1) is 16.7. The molecule has 0 unspecified atom stereocenters. The fourth-order valence-corrected chi connectivity index (χ4v) is 4.30. The van der Waals surface area contributed by atoms with Crippen molar-refractivity contribution in [2.24, 2.45) is 0 Å². The van der Waals surface area contributed by atoms with Crippen LogP contribution in [0.1, 0.15) is 42.3 Å². The van der Waals surface area contributed by atoms with Crippen molar-refractivity contribution < 1.29 is 26.6 Å².